The van der Waals surface area contributed by atoms with Gasteiger partial charge in [0.05, 0.1) is 36.4 Å². The molecule has 4 fully saturated rings. The average molecular weight is 1370 g/mol. The Kier molecular flexibility index (Phi) is 176. The monoisotopic (exact) mass is 1370 g/mol. The lowest BCUT2D eigenvalue weighted by Gasteiger charge is -2.72. The van der Waals surface area contributed by atoms with E-state index in [-0.39, 0.29) is 47.8 Å². The Bertz CT molecular complexity index is 1300. The molecule has 0 radical (unpaired) electrons. The number of hydrogen-bond acceptors (Lipinski definition) is 8. The van der Waals surface area contributed by atoms with Crippen molar-refractivity contribution in [1.82, 2.24) is 0 Å². The maximum Gasteiger partial charge on any atom is 0.333 e. The van der Waals surface area contributed by atoms with Crippen molar-refractivity contribution >= 4 is 11.9 Å². The summed E-state index contributed by atoms with van der Waals surface area (Å²) < 4.78 is 11.4. The van der Waals surface area contributed by atoms with E-state index in [2.05, 4.69) is 47.6 Å². The van der Waals surface area contributed by atoms with Crippen molar-refractivity contribution in [2.45, 2.75) is 470 Å². The molecule has 0 aliphatic heterocycles. The summed E-state index contributed by atoms with van der Waals surface area (Å²) in [5.41, 5.74) is -1.32. The highest BCUT2D eigenvalue weighted by molar-refractivity contribution is 5.87. The predicted molar refractivity (Wildman–Crippen MR) is 448 cm³/mol. The molecule has 0 aromatic carbocycles. The molecule has 8 heteroatoms. The molecule has 94 heavy (non-hydrogen) atoms. The van der Waals surface area contributed by atoms with Gasteiger partial charge in [0.1, 0.15) is 6.61 Å². The van der Waals surface area contributed by atoms with Crippen LogP contribution in [-0.2, 0) is 19.1 Å². The maximum atomic E-state index is 12.7. The van der Waals surface area contributed by atoms with Gasteiger partial charge in [0, 0.05) is 17.9 Å². The topological polar surface area (TPSA) is 134 Å². The summed E-state index contributed by atoms with van der Waals surface area (Å²) in [7, 11) is 0. The number of ether oxygens (including phenoxy) is 2. The molecular formula is C86H204O8. The van der Waals surface area contributed by atoms with Gasteiger partial charge in [-0.15, -0.1) is 0 Å². The van der Waals surface area contributed by atoms with Gasteiger partial charge in [-0.1, -0.05) is 398 Å². The van der Waals surface area contributed by atoms with E-state index in [0.29, 0.717) is 24.8 Å². The summed E-state index contributed by atoms with van der Waals surface area (Å²) in [6.45, 7) is 114. The number of rotatable bonds is 5. The number of carbonyl (C=O) groups excluding carboxylic acids is 2. The summed E-state index contributed by atoms with van der Waals surface area (Å²) >= 11 is 0. The average Bonchev–Trinajstić information content (AvgIpc) is 0.675. The van der Waals surface area contributed by atoms with Crippen LogP contribution >= 0.6 is 0 Å². The third-order valence-corrected chi connectivity index (χ3v) is 14.7. The molecule has 5 aliphatic carbocycles. The summed E-state index contributed by atoms with van der Waals surface area (Å²) in [4.78, 5) is 24.7. The summed E-state index contributed by atoms with van der Waals surface area (Å²) in [5, 5.41) is 46.6. The third kappa shape index (κ3) is 49.7. The van der Waals surface area contributed by atoms with Crippen LogP contribution in [0.3, 0.4) is 0 Å². The van der Waals surface area contributed by atoms with Crippen molar-refractivity contribution in [1.29, 1.82) is 0 Å². The zero-order valence-electron chi connectivity index (χ0n) is 77.7. The van der Waals surface area contributed by atoms with Crippen LogP contribution in [0.25, 0.3) is 0 Å². The molecule has 0 saturated heterocycles. The fourth-order valence-corrected chi connectivity index (χ4v) is 11.6. The second kappa shape index (κ2) is 113. The van der Waals surface area contributed by atoms with Gasteiger partial charge in [0.15, 0.2) is 0 Å². The highest BCUT2D eigenvalue weighted by Gasteiger charge is 2.72. The van der Waals surface area contributed by atoms with Crippen molar-refractivity contribution in [3.63, 3.8) is 0 Å². The third-order valence-electron chi connectivity index (χ3n) is 14.7. The smallest absolute Gasteiger partial charge is 0.333 e. The van der Waals surface area contributed by atoms with E-state index in [1.165, 1.54) is 18.9 Å². The molecule has 0 spiro atoms. The Balaban J connectivity index is -0.0000000523. The molecule has 0 amide bonds. The van der Waals surface area contributed by atoms with E-state index >= 15 is 0 Å². The minimum Gasteiger partial charge on any atom is -0.465 e. The Hall–Kier alpha value is -1.74. The largest absolute Gasteiger partial charge is 0.465 e. The fraction of sp³-hybridized carbons (Fsp3) is 0.930. The number of carbonyl (C=O) groups is 2. The molecule has 5 rings (SSSR count). The summed E-state index contributed by atoms with van der Waals surface area (Å²) in [6, 6.07) is 0. The molecule has 5 aliphatic rings. The van der Waals surface area contributed by atoms with Crippen molar-refractivity contribution in [3.05, 3.63) is 23.3 Å². The van der Waals surface area contributed by atoms with Gasteiger partial charge in [-0.05, 0) is 98.2 Å². The Labute approximate surface area is 605 Å². The Morgan fingerprint density at radius 3 is 1.06 bits per heavy atom. The predicted octanol–water partition coefficient (Wildman–Crippen LogP) is 30.1. The number of allylic oxidation sites excluding steroid dienone is 3. The van der Waals surface area contributed by atoms with Gasteiger partial charge < -0.3 is 29.9 Å². The maximum absolute atomic E-state index is 12.7. The van der Waals surface area contributed by atoms with Gasteiger partial charge in [-0.3, -0.25) is 4.79 Å². The second-order valence-electron chi connectivity index (χ2n) is 17.9. The van der Waals surface area contributed by atoms with Crippen LogP contribution in [0.1, 0.15) is 446 Å². The molecule has 596 valence electrons. The lowest BCUT2D eigenvalue weighted by atomic mass is 9.33. The first-order valence-electron chi connectivity index (χ1n) is 41.5. The highest BCUT2D eigenvalue weighted by atomic mass is 16.5. The van der Waals surface area contributed by atoms with Crippen LogP contribution in [0.15, 0.2) is 23.3 Å². The molecule has 4 N–H and O–H groups in total. The highest BCUT2D eigenvalue weighted by Crippen LogP contribution is 2.75. The lowest BCUT2D eigenvalue weighted by molar-refractivity contribution is -0.261. The quantitative estimate of drug-likeness (QED) is 0.122. The SMILES string of the molecule is C/C=C(\C)C(=O)OC[C@]1(C)C2CC[C@]3(C)C(CC=C4C5CC(C)(C)[C@@H](O)[C@H](O)[C@]5(COC(C)=O)[C@H](O)C[C@]43C)[C@@]2(C)CC[C@@H]1O.CC.CC.CC.CC.CC.CC.CC.CC.CC.CC.CC.CC.CC.CC.CC.CC.CC.CC.CC.CC.CC.CC.CC.CCC. The molecule has 8 nitrogen and oxygen atoms in total. The normalized spacial score (nSPS) is 25.1. The number of aliphatic hydroxyl groups excluding tert-OH is 4. The summed E-state index contributed by atoms with van der Waals surface area (Å²) in [5.74, 6) is -0.674. The van der Waals surface area contributed by atoms with Gasteiger partial charge >= 0.3 is 11.9 Å². The van der Waals surface area contributed by atoms with E-state index in [9.17, 15) is 30.0 Å². The summed E-state index contributed by atoms with van der Waals surface area (Å²) in [6.07, 6.45) is 6.53. The van der Waals surface area contributed by atoms with Crippen LogP contribution in [0.5, 0.6) is 0 Å². The van der Waals surface area contributed by atoms with Crippen LogP contribution in [0, 0.1) is 50.2 Å². The fourth-order valence-electron chi connectivity index (χ4n) is 11.6. The van der Waals surface area contributed by atoms with Crippen LogP contribution in [-0.4, -0.2) is 70.0 Å². The molecule has 3 unspecified atom stereocenters. The number of hydrogen-bond donors (Lipinski definition) is 4. The minimum atomic E-state index is -1.25. The molecular weight excluding hydrogens is 1160 g/mol. The minimum absolute atomic E-state index is 0.132. The molecule has 0 bridgehead atoms. The van der Waals surface area contributed by atoms with Gasteiger partial charge in [-0.2, -0.15) is 0 Å². The zero-order chi connectivity index (χ0) is 82.3. The second-order valence-corrected chi connectivity index (χ2v) is 17.9. The van der Waals surface area contributed by atoms with Gasteiger partial charge in [0.25, 0.3) is 0 Å². The molecule has 4 saturated carbocycles. The Morgan fingerprint density at radius 1 is 0.447 bits per heavy atom. The van der Waals surface area contributed by atoms with E-state index in [4.69, 9.17) is 9.47 Å². The standard InChI is InChI=1S/C37H58O8.C3H8.23C2H6/c1-10-21(2)31(43)45-19-34(7)25-13-16-35(8)26(33(25,6)15-14-27(34)39)12-11-23-24-17-32(4,5)29(41)30(42)37(24,20-44-22(3)38)28(40)18-36(23,35)9;1-3-2;23*1-2/h10-11,24-30,39-42H,12-20H2,1-9H3;3H2,1-2H3;23*1-2H3/b21-10+;;;;;;;;;;;;;;;;;;;;;;;;/t24?,25?,26?,27-,28+,29-,30-,33-,34+,35+,36+,37-;;;;;;;;;;;;;;;;;;;;;;;;/m0......................../s1. The first-order valence-corrected chi connectivity index (χ1v) is 41.5. The zero-order valence-corrected chi connectivity index (χ0v) is 77.7. The number of esters is 2. The molecule has 0 aromatic rings. The molecule has 12 atom stereocenters. The Morgan fingerprint density at radius 2 is 0.766 bits per heavy atom. The van der Waals surface area contributed by atoms with Crippen molar-refractivity contribution in [2.24, 2.45) is 50.2 Å². The van der Waals surface area contributed by atoms with Crippen molar-refractivity contribution < 1.29 is 39.5 Å². The van der Waals surface area contributed by atoms with Gasteiger partial charge in [-0.25, -0.2) is 4.79 Å². The van der Waals surface area contributed by atoms with Crippen LogP contribution in [0.2, 0.25) is 0 Å². The van der Waals surface area contributed by atoms with Crippen LogP contribution in [0.4, 0.5) is 0 Å². The van der Waals surface area contributed by atoms with Crippen LogP contribution < -0.4 is 0 Å². The van der Waals surface area contributed by atoms with Gasteiger partial charge in [0.2, 0.25) is 0 Å². The van der Waals surface area contributed by atoms with E-state index < -0.39 is 52.0 Å². The van der Waals surface area contributed by atoms with E-state index in [1.54, 1.807) is 13.0 Å². The number of fused-ring (bicyclic) bond motifs is 7. The van der Waals surface area contributed by atoms with E-state index in [1.807, 2.05) is 339 Å². The first-order chi connectivity index (χ1) is 45.2. The lowest BCUT2D eigenvalue weighted by Crippen LogP contribution is -2.72. The number of aliphatic hydroxyl groups is 4. The van der Waals surface area contributed by atoms with E-state index in [0.717, 1.165) is 25.7 Å². The van der Waals surface area contributed by atoms with Crippen molar-refractivity contribution in [2.75, 3.05) is 13.2 Å². The van der Waals surface area contributed by atoms with Crippen molar-refractivity contribution in [3.8, 4) is 0 Å². The molecule has 0 aromatic heterocycles. The first kappa shape index (κ1) is 147. The molecule has 0 heterocycles.